The maximum atomic E-state index is 12.7. The first-order valence-corrected chi connectivity index (χ1v) is 10.1. The molecule has 0 atom stereocenters. The monoisotopic (exact) mass is 418 g/mol. The minimum Gasteiger partial charge on any atom is -0.497 e. The number of aromatic nitrogens is 2. The van der Waals surface area contributed by atoms with Crippen LogP contribution >= 0.6 is 11.8 Å². The van der Waals surface area contributed by atoms with Crippen molar-refractivity contribution in [1.29, 1.82) is 0 Å². The maximum absolute atomic E-state index is 12.7. The average molecular weight is 418 g/mol. The highest BCUT2D eigenvalue weighted by molar-refractivity contribution is 7.99. The molecule has 1 aromatic carbocycles. The molecule has 2 aromatic heterocycles. The summed E-state index contributed by atoms with van der Waals surface area (Å²) in [6, 6.07) is 11.9. The van der Waals surface area contributed by atoms with Crippen LogP contribution < -0.4 is 9.46 Å². The second-order valence-corrected chi connectivity index (χ2v) is 8.04. The average Bonchev–Trinajstić information content (AvgIpc) is 2.68. The Hall–Kier alpha value is -3.18. The minimum absolute atomic E-state index is 0.184. The van der Waals surface area contributed by atoms with E-state index in [9.17, 15) is 18.5 Å². The molecule has 0 spiro atoms. The van der Waals surface area contributed by atoms with Gasteiger partial charge in [-0.15, -0.1) is 0 Å². The minimum atomic E-state index is -4.20. The van der Waals surface area contributed by atoms with Gasteiger partial charge in [0, 0.05) is 12.4 Å². The highest BCUT2D eigenvalue weighted by atomic mass is 32.2. The Kier molecular flexibility index (Phi) is 5.76. The summed E-state index contributed by atoms with van der Waals surface area (Å²) in [6.45, 7) is 0. The van der Waals surface area contributed by atoms with Crippen molar-refractivity contribution in [2.24, 2.45) is 0 Å². The predicted octanol–water partition coefficient (Wildman–Crippen LogP) is 3.35. The molecule has 0 aliphatic rings. The number of benzene rings is 1. The van der Waals surface area contributed by atoms with Gasteiger partial charge in [-0.1, -0.05) is 17.8 Å². The van der Waals surface area contributed by atoms with E-state index in [1.807, 2.05) is 6.07 Å². The molecule has 9 nitrogen and oxygen atoms in total. The second-order valence-electron chi connectivity index (χ2n) is 5.35. The van der Waals surface area contributed by atoms with Crippen LogP contribution in [-0.4, -0.2) is 30.4 Å². The number of anilines is 1. The lowest BCUT2D eigenvalue weighted by atomic mass is 10.3. The van der Waals surface area contributed by atoms with Crippen LogP contribution in [0.25, 0.3) is 0 Å². The fourth-order valence-corrected chi connectivity index (χ4v) is 4.22. The molecule has 3 rings (SSSR count). The standard InChI is InChI=1S/C17H14N4O5S2/c1-26-13-5-6-15(14(11-13)21(22)23)28(24,25)20-12-7-9-19-17(10-12)27-16-4-2-3-8-18-16/h2-11H,1H3,(H,19,20). The maximum Gasteiger partial charge on any atom is 0.293 e. The first-order valence-electron chi connectivity index (χ1n) is 7.79. The van der Waals surface area contributed by atoms with Gasteiger partial charge in [0.25, 0.3) is 15.7 Å². The molecule has 0 saturated heterocycles. The first-order chi connectivity index (χ1) is 13.4. The summed E-state index contributed by atoms with van der Waals surface area (Å²) in [5.74, 6) is 0.184. The van der Waals surface area contributed by atoms with Crippen molar-refractivity contribution < 1.29 is 18.1 Å². The lowest BCUT2D eigenvalue weighted by molar-refractivity contribution is -0.387. The van der Waals surface area contributed by atoms with Gasteiger partial charge in [0.2, 0.25) is 0 Å². The summed E-state index contributed by atoms with van der Waals surface area (Å²) in [5.41, 5.74) is -0.359. The van der Waals surface area contributed by atoms with Crippen LogP contribution in [0.2, 0.25) is 0 Å². The Morgan fingerprint density at radius 2 is 1.86 bits per heavy atom. The third kappa shape index (κ3) is 4.56. The Labute approximate surface area is 165 Å². The molecule has 0 radical (unpaired) electrons. The Balaban J connectivity index is 1.89. The molecular formula is C17H14N4O5S2. The van der Waals surface area contributed by atoms with Crippen LogP contribution in [0.1, 0.15) is 0 Å². The summed E-state index contributed by atoms with van der Waals surface area (Å²) in [7, 11) is -2.87. The van der Waals surface area contributed by atoms with Crippen molar-refractivity contribution >= 4 is 33.2 Å². The van der Waals surface area contributed by atoms with Gasteiger partial charge in [0.05, 0.1) is 23.8 Å². The van der Waals surface area contributed by atoms with Crippen LogP contribution in [-0.2, 0) is 10.0 Å². The quantitative estimate of drug-likeness (QED) is 0.457. The van der Waals surface area contributed by atoms with Gasteiger partial charge in [-0.3, -0.25) is 14.8 Å². The van der Waals surface area contributed by atoms with E-state index in [1.165, 1.54) is 43.3 Å². The molecule has 0 amide bonds. The third-order valence-electron chi connectivity index (χ3n) is 3.49. The fraction of sp³-hybridized carbons (Fsp3) is 0.0588. The van der Waals surface area contributed by atoms with Crippen molar-refractivity contribution in [2.45, 2.75) is 14.9 Å². The number of nitrogens with zero attached hydrogens (tertiary/aromatic N) is 3. The highest BCUT2D eigenvalue weighted by Gasteiger charge is 2.26. The topological polar surface area (TPSA) is 124 Å². The molecule has 144 valence electrons. The normalized spacial score (nSPS) is 11.0. The molecule has 0 aliphatic carbocycles. The van der Waals surface area contributed by atoms with Crippen LogP contribution in [0.5, 0.6) is 5.75 Å². The van der Waals surface area contributed by atoms with Gasteiger partial charge in [-0.25, -0.2) is 18.4 Å². The van der Waals surface area contributed by atoms with Crippen molar-refractivity contribution in [1.82, 2.24) is 9.97 Å². The first kappa shape index (κ1) is 19.6. The lowest BCUT2D eigenvalue weighted by Gasteiger charge is -2.10. The largest absolute Gasteiger partial charge is 0.497 e. The van der Waals surface area contributed by atoms with E-state index in [1.54, 1.807) is 18.3 Å². The van der Waals surface area contributed by atoms with E-state index in [0.29, 0.717) is 10.1 Å². The van der Waals surface area contributed by atoms with Crippen LogP contribution in [0.3, 0.4) is 0 Å². The summed E-state index contributed by atoms with van der Waals surface area (Å²) in [6.07, 6.45) is 3.07. The molecule has 0 unspecified atom stereocenters. The Morgan fingerprint density at radius 3 is 2.54 bits per heavy atom. The third-order valence-corrected chi connectivity index (χ3v) is 5.80. The molecule has 0 fully saturated rings. The molecule has 1 N–H and O–H groups in total. The number of nitro benzene ring substituents is 1. The number of sulfonamides is 1. The zero-order valence-electron chi connectivity index (χ0n) is 14.5. The molecule has 2 heterocycles. The van der Waals surface area contributed by atoms with E-state index in [0.717, 1.165) is 12.1 Å². The zero-order chi connectivity index (χ0) is 20.1. The van der Waals surface area contributed by atoms with Crippen LogP contribution in [0.15, 0.2) is 75.9 Å². The number of nitro groups is 1. The smallest absolute Gasteiger partial charge is 0.293 e. The summed E-state index contributed by atoms with van der Waals surface area (Å²) < 4.78 is 32.7. The van der Waals surface area contributed by atoms with Gasteiger partial charge in [-0.05, 0) is 36.4 Å². The number of pyridine rings is 2. The number of nitrogens with one attached hydrogen (secondary N) is 1. The molecular weight excluding hydrogens is 404 g/mol. The number of ether oxygens (including phenoxy) is 1. The fourth-order valence-electron chi connectivity index (χ4n) is 2.25. The van der Waals surface area contributed by atoms with Gasteiger partial charge in [0.15, 0.2) is 4.90 Å². The number of methoxy groups -OCH3 is 1. The summed E-state index contributed by atoms with van der Waals surface area (Å²) in [4.78, 5) is 18.4. The van der Waals surface area contributed by atoms with Crippen molar-refractivity contribution in [3.8, 4) is 5.75 Å². The van der Waals surface area contributed by atoms with Crippen molar-refractivity contribution in [2.75, 3.05) is 11.8 Å². The number of rotatable bonds is 7. The van der Waals surface area contributed by atoms with E-state index >= 15 is 0 Å². The summed E-state index contributed by atoms with van der Waals surface area (Å²) in [5, 5.41) is 12.5. The second kappa shape index (κ2) is 8.23. The van der Waals surface area contributed by atoms with Gasteiger partial charge in [0.1, 0.15) is 15.8 Å². The van der Waals surface area contributed by atoms with E-state index < -0.39 is 25.5 Å². The van der Waals surface area contributed by atoms with Crippen LogP contribution in [0, 0.1) is 10.1 Å². The van der Waals surface area contributed by atoms with Gasteiger partial charge >= 0.3 is 0 Å². The van der Waals surface area contributed by atoms with Gasteiger partial charge in [-0.2, -0.15) is 0 Å². The van der Waals surface area contributed by atoms with Crippen molar-refractivity contribution in [3.05, 3.63) is 71.0 Å². The summed E-state index contributed by atoms with van der Waals surface area (Å²) >= 11 is 1.25. The molecule has 28 heavy (non-hydrogen) atoms. The van der Waals surface area contributed by atoms with Crippen LogP contribution in [0.4, 0.5) is 11.4 Å². The Morgan fingerprint density at radius 1 is 1.07 bits per heavy atom. The van der Waals surface area contributed by atoms with E-state index in [-0.39, 0.29) is 11.4 Å². The molecule has 11 heteroatoms. The SMILES string of the molecule is COc1ccc(S(=O)(=O)Nc2ccnc(Sc3ccccn3)c2)c([N+](=O)[O-])c1. The van der Waals surface area contributed by atoms with Gasteiger partial charge < -0.3 is 4.74 Å². The van der Waals surface area contributed by atoms with Crippen molar-refractivity contribution in [3.63, 3.8) is 0 Å². The number of hydrogen-bond donors (Lipinski definition) is 1. The molecule has 0 aliphatic heterocycles. The molecule has 0 saturated carbocycles. The molecule has 0 bridgehead atoms. The highest BCUT2D eigenvalue weighted by Crippen LogP contribution is 2.31. The van der Waals surface area contributed by atoms with E-state index in [4.69, 9.17) is 4.74 Å². The molecule has 3 aromatic rings. The predicted molar refractivity (Wildman–Crippen MR) is 103 cm³/mol. The van der Waals surface area contributed by atoms with E-state index in [2.05, 4.69) is 14.7 Å². The Bertz CT molecular complexity index is 1110. The zero-order valence-corrected chi connectivity index (χ0v) is 16.1. The lowest BCUT2D eigenvalue weighted by Crippen LogP contribution is -2.15. The number of hydrogen-bond acceptors (Lipinski definition) is 8.